The van der Waals surface area contributed by atoms with Gasteiger partial charge in [-0.2, -0.15) is 0 Å². The maximum Gasteiger partial charge on any atom is 0.119 e. The highest BCUT2D eigenvalue weighted by Crippen LogP contribution is 2.26. The van der Waals surface area contributed by atoms with Gasteiger partial charge in [0, 0.05) is 6.04 Å². The molecule has 2 nitrogen and oxygen atoms in total. The Morgan fingerprint density at radius 2 is 1.83 bits per heavy atom. The SMILES string of the molecule is C[C@@H](N)c1ccc(OCCC2CCCCC2)cc1. The summed E-state index contributed by atoms with van der Waals surface area (Å²) >= 11 is 0. The Morgan fingerprint density at radius 1 is 1.17 bits per heavy atom. The number of ether oxygens (including phenoxy) is 1. The lowest BCUT2D eigenvalue weighted by Gasteiger charge is -2.21. The second kappa shape index (κ2) is 6.79. The minimum absolute atomic E-state index is 0.0984. The molecule has 0 saturated heterocycles. The molecule has 1 aromatic rings. The molecule has 100 valence electrons. The zero-order chi connectivity index (χ0) is 12.8. The molecule has 0 amide bonds. The van der Waals surface area contributed by atoms with E-state index in [1.807, 2.05) is 19.1 Å². The summed E-state index contributed by atoms with van der Waals surface area (Å²) in [6.07, 6.45) is 8.24. The second-order valence-corrected chi connectivity index (χ2v) is 5.50. The highest BCUT2D eigenvalue weighted by atomic mass is 16.5. The number of nitrogens with two attached hydrogens (primary N) is 1. The minimum atomic E-state index is 0.0984. The van der Waals surface area contributed by atoms with Crippen molar-refractivity contribution in [1.82, 2.24) is 0 Å². The van der Waals surface area contributed by atoms with Crippen LogP contribution in [0.3, 0.4) is 0 Å². The average molecular weight is 247 g/mol. The highest BCUT2D eigenvalue weighted by molar-refractivity contribution is 5.28. The Bertz CT molecular complexity index is 339. The zero-order valence-corrected chi connectivity index (χ0v) is 11.4. The van der Waals surface area contributed by atoms with Crippen molar-refractivity contribution in [2.45, 2.75) is 51.5 Å². The van der Waals surface area contributed by atoms with Crippen LogP contribution in [0.1, 0.15) is 57.1 Å². The van der Waals surface area contributed by atoms with Crippen LogP contribution in [0, 0.1) is 5.92 Å². The van der Waals surface area contributed by atoms with Gasteiger partial charge in [-0.1, -0.05) is 44.2 Å². The molecule has 2 N–H and O–H groups in total. The molecule has 1 aliphatic carbocycles. The van der Waals surface area contributed by atoms with Crippen molar-refractivity contribution < 1.29 is 4.74 Å². The van der Waals surface area contributed by atoms with E-state index < -0.39 is 0 Å². The summed E-state index contributed by atoms with van der Waals surface area (Å²) in [5.74, 6) is 1.86. The van der Waals surface area contributed by atoms with Crippen LogP contribution in [0.15, 0.2) is 24.3 Å². The zero-order valence-electron chi connectivity index (χ0n) is 11.4. The Balaban J connectivity index is 1.72. The van der Waals surface area contributed by atoms with Crippen molar-refractivity contribution >= 4 is 0 Å². The van der Waals surface area contributed by atoms with Crippen LogP contribution in [0.25, 0.3) is 0 Å². The first kappa shape index (κ1) is 13.4. The van der Waals surface area contributed by atoms with Crippen molar-refractivity contribution in [2.75, 3.05) is 6.61 Å². The third-order valence-corrected chi connectivity index (χ3v) is 3.93. The summed E-state index contributed by atoms with van der Waals surface area (Å²) in [6.45, 7) is 2.85. The third kappa shape index (κ3) is 4.02. The quantitative estimate of drug-likeness (QED) is 0.851. The molecule has 1 atom stereocenters. The molecular formula is C16H25NO. The number of rotatable bonds is 5. The van der Waals surface area contributed by atoms with Crippen molar-refractivity contribution in [3.63, 3.8) is 0 Å². The van der Waals surface area contributed by atoms with Gasteiger partial charge in [-0.15, -0.1) is 0 Å². The van der Waals surface area contributed by atoms with Gasteiger partial charge in [-0.25, -0.2) is 0 Å². The number of hydrogen-bond donors (Lipinski definition) is 1. The van der Waals surface area contributed by atoms with Gasteiger partial charge in [0.25, 0.3) is 0 Å². The summed E-state index contributed by atoms with van der Waals surface area (Å²) in [4.78, 5) is 0. The van der Waals surface area contributed by atoms with E-state index in [2.05, 4.69) is 12.1 Å². The maximum absolute atomic E-state index is 5.82. The van der Waals surface area contributed by atoms with E-state index in [4.69, 9.17) is 10.5 Å². The number of hydrogen-bond acceptors (Lipinski definition) is 2. The van der Waals surface area contributed by atoms with E-state index in [-0.39, 0.29) is 6.04 Å². The lowest BCUT2D eigenvalue weighted by molar-refractivity contribution is 0.246. The van der Waals surface area contributed by atoms with Crippen molar-refractivity contribution in [1.29, 1.82) is 0 Å². The first-order valence-electron chi connectivity index (χ1n) is 7.24. The Kier molecular flexibility index (Phi) is 5.06. The summed E-state index contributed by atoms with van der Waals surface area (Å²) < 4.78 is 5.80. The first-order valence-corrected chi connectivity index (χ1v) is 7.24. The van der Waals surface area contributed by atoms with Gasteiger partial charge in [-0.05, 0) is 37.0 Å². The van der Waals surface area contributed by atoms with Crippen LogP contribution < -0.4 is 10.5 Å². The van der Waals surface area contributed by atoms with Crippen molar-refractivity contribution in [3.05, 3.63) is 29.8 Å². The number of benzene rings is 1. The molecule has 1 aliphatic rings. The maximum atomic E-state index is 5.82. The molecule has 2 heteroatoms. The molecule has 1 saturated carbocycles. The molecular weight excluding hydrogens is 222 g/mol. The molecule has 2 rings (SSSR count). The molecule has 0 aromatic heterocycles. The topological polar surface area (TPSA) is 35.2 Å². The lowest BCUT2D eigenvalue weighted by atomic mass is 9.87. The molecule has 18 heavy (non-hydrogen) atoms. The Morgan fingerprint density at radius 3 is 2.44 bits per heavy atom. The van der Waals surface area contributed by atoms with Crippen molar-refractivity contribution in [3.8, 4) is 5.75 Å². The normalized spacial score (nSPS) is 18.6. The van der Waals surface area contributed by atoms with Gasteiger partial charge in [0.2, 0.25) is 0 Å². The fourth-order valence-corrected chi connectivity index (χ4v) is 2.69. The Labute approximate surface area is 111 Å². The van der Waals surface area contributed by atoms with Crippen LogP contribution in [-0.2, 0) is 0 Å². The summed E-state index contributed by atoms with van der Waals surface area (Å²) in [6, 6.07) is 8.27. The van der Waals surface area contributed by atoms with Crippen LogP contribution >= 0.6 is 0 Å². The van der Waals surface area contributed by atoms with Crippen molar-refractivity contribution in [2.24, 2.45) is 11.7 Å². The van der Waals surface area contributed by atoms with Crippen LogP contribution in [0.2, 0.25) is 0 Å². The molecule has 0 aliphatic heterocycles. The predicted molar refractivity (Wildman–Crippen MR) is 75.7 cm³/mol. The second-order valence-electron chi connectivity index (χ2n) is 5.50. The summed E-state index contributed by atoms with van der Waals surface area (Å²) in [5.41, 5.74) is 6.98. The van der Waals surface area contributed by atoms with Gasteiger partial charge in [0.05, 0.1) is 6.61 Å². The lowest BCUT2D eigenvalue weighted by Crippen LogP contribution is -2.10. The third-order valence-electron chi connectivity index (χ3n) is 3.93. The van der Waals surface area contributed by atoms with Gasteiger partial charge in [0.1, 0.15) is 5.75 Å². The van der Waals surface area contributed by atoms with Crippen LogP contribution in [-0.4, -0.2) is 6.61 Å². The molecule has 0 spiro atoms. The molecule has 0 bridgehead atoms. The first-order chi connectivity index (χ1) is 8.75. The van der Waals surface area contributed by atoms with Crippen LogP contribution in [0.4, 0.5) is 0 Å². The summed E-state index contributed by atoms with van der Waals surface area (Å²) in [7, 11) is 0. The van der Waals surface area contributed by atoms with E-state index in [0.29, 0.717) is 0 Å². The fraction of sp³-hybridized carbons (Fsp3) is 0.625. The van der Waals surface area contributed by atoms with Gasteiger partial charge < -0.3 is 10.5 Å². The van der Waals surface area contributed by atoms with E-state index in [1.54, 1.807) is 0 Å². The van der Waals surface area contributed by atoms with E-state index >= 15 is 0 Å². The van der Waals surface area contributed by atoms with Crippen LogP contribution in [0.5, 0.6) is 5.75 Å². The molecule has 0 unspecified atom stereocenters. The Hall–Kier alpha value is -1.02. The average Bonchev–Trinajstić information content (AvgIpc) is 2.40. The largest absolute Gasteiger partial charge is 0.494 e. The standard InChI is InChI=1S/C16H25NO/c1-13(17)15-7-9-16(10-8-15)18-12-11-14-5-3-2-4-6-14/h7-10,13-14H,2-6,11-12,17H2,1H3/t13-/m1/s1. The fourth-order valence-electron chi connectivity index (χ4n) is 2.69. The molecule has 0 radical (unpaired) electrons. The molecule has 1 aromatic carbocycles. The smallest absolute Gasteiger partial charge is 0.119 e. The van der Waals surface area contributed by atoms with E-state index in [1.165, 1.54) is 38.5 Å². The van der Waals surface area contributed by atoms with Gasteiger partial charge in [-0.3, -0.25) is 0 Å². The molecule has 0 heterocycles. The van der Waals surface area contributed by atoms with E-state index in [0.717, 1.165) is 23.8 Å². The van der Waals surface area contributed by atoms with Gasteiger partial charge in [0.15, 0.2) is 0 Å². The minimum Gasteiger partial charge on any atom is -0.494 e. The van der Waals surface area contributed by atoms with Gasteiger partial charge >= 0.3 is 0 Å². The van der Waals surface area contributed by atoms with E-state index in [9.17, 15) is 0 Å². The molecule has 1 fully saturated rings. The summed E-state index contributed by atoms with van der Waals surface area (Å²) in [5, 5.41) is 0. The predicted octanol–water partition coefficient (Wildman–Crippen LogP) is 4.06. The monoisotopic (exact) mass is 247 g/mol. The highest BCUT2D eigenvalue weighted by Gasteiger charge is 2.13.